The summed E-state index contributed by atoms with van der Waals surface area (Å²) in [4.78, 5) is 17.5. The van der Waals surface area contributed by atoms with Crippen LogP contribution in [0.1, 0.15) is 68.1 Å². The summed E-state index contributed by atoms with van der Waals surface area (Å²) in [6, 6.07) is 5.33. The third-order valence-corrected chi connectivity index (χ3v) is 6.52. The zero-order valence-electron chi connectivity index (χ0n) is 16.3. The second-order valence-corrected chi connectivity index (χ2v) is 8.76. The first-order valence-electron chi connectivity index (χ1n) is 10.2. The van der Waals surface area contributed by atoms with Crippen LogP contribution in [0, 0.1) is 0 Å². The largest absolute Gasteiger partial charge is 0.381 e. The van der Waals surface area contributed by atoms with E-state index < -0.39 is 5.54 Å². The van der Waals surface area contributed by atoms with Gasteiger partial charge in [0.1, 0.15) is 5.54 Å². The molecule has 8 heteroatoms. The Kier molecular flexibility index (Phi) is 6.42. The zero-order chi connectivity index (χ0) is 20.3. The Labute approximate surface area is 180 Å². The molecule has 0 bridgehead atoms. The lowest BCUT2D eigenvalue weighted by Gasteiger charge is -2.34. The summed E-state index contributed by atoms with van der Waals surface area (Å²) in [5.74, 6) is 1.57. The highest BCUT2D eigenvalue weighted by Gasteiger charge is 2.41. The maximum absolute atomic E-state index is 12.8. The Morgan fingerprint density at radius 3 is 2.69 bits per heavy atom. The number of amides is 1. The first kappa shape index (κ1) is 20.6. The van der Waals surface area contributed by atoms with Crippen molar-refractivity contribution in [2.75, 3.05) is 13.2 Å². The monoisotopic (exact) mass is 437 g/mol. The lowest BCUT2D eigenvalue weighted by molar-refractivity contribution is -0.125. The van der Waals surface area contributed by atoms with Gasteiger partial charge < -0.3 is 14.6 Å². The Morgan fingerprint density at radius 2 is 1.97 bits per heavy atom. The minimum absolute atomic E-state index is 0.0708. The minimum Gasteiger partial charge on any atom is -0.381 e. The van der Waals surface area contributed by atoms with Crippen molar-refractivity contribution < 1.29 is 14.1 Å². The van der Waals surface area contributed by atoms with Gasteiger partial charge in [-0.1, -0.05) is 47.3 Å². The fraction of sp³-hybridized carbons (Fsp3) is 0.571. The molecule has 1 aromatic carbocycles. The molecule has 1 aliphatic carbocycles. The molecule has 2 fully saturated rings. The molecule has 6 nitrogen and oxygen atoms in total. The highest BCUT2D eigenvalue weighted by Crippen LogP contribution is 2.36. The summed E-state index contributed by atoms with van der Waals surface area (Å²) in [5, 5.41) is 8.56. The molecule has 0 unspecified atom stereocenters. The molecule has 0 spiro atoms. The van der Waals surface area contributed by atoms with Crippen molar-refractivity contribution in [3.63, 3.8) is 0 Å². The Morgan fingerprint density at radius 1 is 1.21 bits per heavy atom. The van der Waals surface area contributed by atoms with E-state index in [2.05, 4.69) is 10.5 Å². The molecule has 2 aliphatic rings. The van der Waals surface area contributed by atoms with Crippen molar-refractivity contribution in [3.05, 3.63) is 45.5 Å². The molecule has 0 radical (unpaired) electrons. The average molecular weight is 438 g/mol. The van der Waals surface area contributed by atoms with Gasteiger partial charge in [0.25, 0.3) is 5.89 Å². The molecule has 4 rings (SSSR count). The standard InChI is InChI=1S/C21H25Cl2N3O3/c22-16-7-5-14(17(23)13-16)6-8-18(27)25-21(9-11-28-12-10-21)20-24-19(26-29-20)15-3-1-2-4-15/h5,7,13,15H,1-4,6,8-12H2,(H,25,27). The van der Waals surface area contributed by atoms with E-state index in [9.17, 15) is 4.79 Å². The van der Waals surface area contributed by atoms with Gasteiger partial charge in [0, 0.05) is 48.4 Å². The van der Waals surface area contributed by atoms with Crippen molar-refractivity contribution in [3.8, 4) is 0 Å². The molecule has 2 aromatic rings. The maximum atomic E-state index is 12.8. The van der Waals surface area contributed by atoms with Gasteiger partial charge >= 0.3 is 0 Å². The van der Waals surface area contributed by atoms with Gasteiger partial charge in [-0.3, -0.25) is 4.79 Å². The van der Waals surface area contributed by atoms with Crippen LogP contribution < -0.4 is 5.32 Å². The Bertz CT molecular complexity index is 859. The van der Waals surface area contributed by atoms with E-state index in [1.165, 1.54) is 12.8 Å². The number of ether oxygens (including phenoxy) is 1. The second-order valence-electron chi connectivity index (χ2n) is 7.92. The van der Waals surface area contributed by atoms with E-state index in [1.54, 1.807) is 12.1 Å². The molecule has 1 N–H and O–H groups in total. The molecule has 29 heavy (non-hydrogen) atoms. The number of benzene rings is 1. The Balaban J connectivity index is 1.45. The van der Waals surface area contributed by atoms with Crippen LogP contribution in [0.4, 0.5) is 0 Å². The average Bonchev–Trinajstić information content (AvgIpc) is 3.40. The van der Waals surface area contributed by atoms with E-state index in [0.717, 1.165) is 24.2 Å². The van der Waals surface area contributed by atoms with Crippen LogP contribution in [0.2, 0.25) is 10.0 Å². The molecule has 0 atom stereocenters. The smallest absolute Gasteiger partial charge is 0.252 e. The summed E-state index contributed by atoms with van der Waals surface area (Å²) < 4.78 is 11.2. The topological polar surface area (TPSA) is 77.3 Å². The number of hydrogen-bond acceptors (Lipinski definition) is 5. The zero-order valence-corrected chi connectivity index (χ0v) is 17.8. The van der Waals surface area contributed by atoms with Crippen molar-refractivity contribution in [2.24, 2.45) is 0 Å². The quantitative estimate of drug-likeness (QED) is 0.702. The van der Waals surface area contributed by atoms with Crippen molar-refractivity contribution in [1.82, 2.24) is 15.5 Å². The fourth-order valence-electron chi connectivity index (χ4n) is 4.19. The SMILES string of the molecule is O=C(CCc1ccc(Cl)cc1Cl)NC1(c2nc(C3CCCC3)no2)CCOCC1. The first-order valence-corrected chi connectivity index (χ1v) is 11.0. The molecular weight excluding hydrogens is 413 g/mol. The van der Waals surface area contributed by atoms with Crippen LogP contribution in [0.3, 0.4) is 0 Å². The number of carbonyl (C=O) groups excluding carboxylic acids is 1. The molecule has 1 saturated heterocycles. The number of nitrogens with zero attached hydrogens (tertiary/aromatic N) is 2. The highest BCUT2D eigenvalue weighted by molar-refractivity contribution is 6.35. The molecule has 156 valence electrons. The number of nitrogens with one attached hydrogen (secondary N) is 1. The normalized spacial score (nSPS) is 19.4. The lowest BCUT2D eigenvalue weighted by atomic mass is 9.89. The summed E-state index contributed by atoms with van der Waals surface area (Å²) in [5.41, 5.74) is 0.233. The summed E-state index contributed by atoms with van der Waals surface area (Å²) in [6.07, 6.45) is 6.69. The maximum Gasteiger partial charge on any atom is 0.252 e. The van der Waals surface area contributed by atoms with E-state index in [4.69, 9.17) is 37.4 Å². The van der Waals surface area contributed by atoms with Crippen molar-refractivity contribution in [2.45, 2.75) is 62.8 Å². The van der Waals surface area contributed by atoms with Gasteiger partial charge in [-0.2, -0.15) is 4.98 Å². The molecule has 1 saturated carbocycles. The van der Waals surface area contributed by atoms with Gasteiger partial charge in [0.2, 0.25) is 5.91 Å². The number of rotatable bonds is 6. The predicted molar refractivity (Wildman–Crippen MR) is 110 cm³/mol. The molecule has 1 aromatic heterocycles. The molecule has 1 amide bonds. The van der Waals surface area contributed by atoms with E-state index >= 15 is 0 Å². The first-order chi connectivity index (χ1) is 14.1. The predicted octanol–water partition coefficient (Wildman–Crippen LogP) is 4.79. The molecule has 2 heterocycles. The van der Waals surface area contributed by atoms with Crippen LogP contribution in [-0.4, -0.2) is 29.3 Å². The number of aryl methyl sites for hydroxylation is 1. The fourth-order valence-corrected chi connectivity index (χ4v) is 4.70. The summed E-state index contributed by atoms with van der Waals surface area (Å²) in [7, 11) is 0. The van der Waals surface area contributed by atoms with E-state index in [-0.39, 0.29) is 5.91 Å². The van der Waals surface area contributed by atoms with Crippen LogP contribution >= 0.6 is 23.2 Å². The van der Waals surface area contributed by atoms with Gasteiger partial charge in [-0.05, 0) is 37.0 Å². The van der Waals surface area contributed by atoms with Gasteiger partial charge in [-0.15, -0.1) is 0 Å². The van der Waals surface area contributed by atoms with Gasteiger partial charge in [-0.25, -0.2) is 0 Å². The summed E-state index contributed by atoms with van der Waals surface area (Å²) in [6.45, 7) is 1.09. The number of aromatic nitrogens is 2. The minimum atomic E-state index is -0.664. The number of halogens is 2. The third-order valence-electron chi connectivity index (χ3n) is 5.93. The number of carbonyl (C=O) groups is 1. The van der Waals surface area contributed by atoms with Gasteiger partial charge in [0.05, 0.1) is 0 Å². The van der Waals surface area contributed by atoms with Crippen molar-refractivity contribution in [1.29, 1.82) is 0 Å². The Hall–Kier alpha value is -1.63. The summed E-state index contributed by atoms with van der Waals surface area (Å²) >= 11 is 12.2. The highest BCUT2D eigenvalue weighted by atomic mass is 35.5. The third kappa shape index (κ3) is 4.76. The van der Waals surface area contributed by atoms with Crippen LogP contribution in [0.15, 0.2) is 22.7 Å². The van der Waals surface area contributed by atoms with E-state index in [1.807, 2.05) is 6.07 Å². The van der Waals surface area contributed by atoms with Crippen molar-refractivity contribution >= 4 is 29.1 Å². The van der Waals surface area contributed by atoms with Gasteiger partial charge in [0.15, 0.2) is 5.82 Å². The van der Waals surface area contributed by atoms with Crippen LogP contribution in [0.25, 0.3) is 0 Å². The second kappa shape index (κ2) is 9.02. The molecular formula is C21H25Cl2N3O3. The number of hydrogen-bond donors (Lipinski definition) is 1. The van der Waals surface area contributed by atoms with Crippen LogP contribution in [-0.2, 0) is 21.5 Å². The molecule has 1 aliphatic heterocycles. The van der Waals surface area contributed by atoms with Crippen LogP contribution in [0.5, 0.6) is 0 Å². The van der Waals surface area contributed by atoms with E-state index in [0.29, 0.717) is 60.8 Å². The lowest BCUT2D eigenvalue weighted by Crippen LogP contribution is -2.49.